The summed E-state index contributed by atoms with van der Waals surface area (Å²) in [5, 5.41) is 4.78. The first-order valence-electron chi connectivity index (χ1n) is 5.36. The lowest BCUT2D eigenvalue weighted by molar-refractivity contribution is -0.176. The Balaban J connectivity index is 1.96. The van der Waals surface area contributed by atoms with Crippen LogP contribution in [0.1, 0.15) is 12.8 Å². The van der Waals surface area contributed by atoms with Gasteiger partial charge in [-0.05, 0) is 12.8 Å². The Labute approximate surface area is 89.7 Å². The molecule has 5 nitrogen and oxygen atoms in total. The summed E-state index contributed by atoms with van der Waals surface area (Å²) in [6, 6.07) is 0.661. The first kappa shape index (κ1) is 10.9. The lowest BCUT2D eigenvalue weighted by Gasteiger charge is -2.40. The Morgan fingerprint density at radius 3 is 2.53 bits per heavy atom. The second-order valence-corrected chi connectivity index (χ2v) is 4.28. The van der Waals surface area contributed by atoms with Crippen LogP contribution in [0.15, 0.2) is 0 Å². The highest BCUT2D eigenvalue weighted by atomic mass is 16.7. The van der Waals surface area contributed by atoms with Gasteiger partial charge in [0.2, 0.25) is 5.91 Å². The molecule has 0 aromatic heterocycles. The summed E-state index contributed by atoms with van der Waals surface area (Å²) < 4.78 is 5.43. The SMILES string of the molecule is CON(C)C(=O)C1CC2COCC(C1)N2. The van der Waals surface area contributed by atoms with Gasteiger partial charge < -0.3 is 10.1 Å². The molecule has 86 valence electrons. The molecule has 15 heavy (non-hydrogen) atoms. The summed E-state index contributed by atoms with van der Waals surface area (Å²) in [6.07, 6.45) is 1.70. The van der Waals surface area contributed by atoms with Gasteiger partial charge in [0.25, 0.3) is 0 Å². The summed E-state index contributed by atoms with van der Waals surface area (Å²) in [7, 11) is 3.18. The quantitative estimate of drug-likeness (QED) is 0.645. The molecule has 5 heteroatoms. The molecule has 2 rings (SSSR count). The zero-order chi connectivity index (χ0) is 10.8. The summed E-state index contributed by atoms with van der Waals surface area (Å²) in [4.78, 5) is 16.8. The maximum atomic E-state index is 11.9. The molecule has 1 amide bonds. The van der Waals surface area contributed by atoms with E-state index in [-0.39, 0.29) is 11.8 Å². The highest BCUT2D eigenvalue weighted by Gasteiger charge is 2.36. The largest absolute Gasteiger partial charge is 0.378 e. The summed E-state index contributed by atoms with van der Waals surface area (Å²) in [5.41, 5.74) is 0. The maximum Gasteiger partial charge on any atom is 0.249 e. The van der Waals surface area contributed by atoms with E-state index in [1.54, 1.807) is 7.05 Å². The number of hydrogen-bond donors (Lipinski definition) is 1. The zero-order valence-corrected chi connectivity index (χ0v) is 9.23. The van der Waals surface area contributed by atoms with Crippen molar-refractivity contribution in [1.29, 1.82) is 0 Å². The van der Waals surface area contributed by atoms with E-state index in [1.165, 1.54) is 12.2 Å². The monoisotopic (exact) mass is 214 g/mol. The highest BCUT2D eigenvalue weighted by molar-refractivity contribution is 5.77. The van der Waals surface area contributed by atoms with Gasteiger partial charge >= 0.3 is 0 Å². The average Bonchev–Trinajstić information content (AvgIpc) is 2.26. The van der Waals surface area contributed by atoms with Gasteiger partial charge in [-0.25, -0.2) is 5.06 Å². The fraction of sp³-hybridized carbons (Fsp3) is 0.900. The van der Waals surface area contributed by atoms with Crippen molar-refractivity contribution in [3.05, 3.63) is 0 Å². The Bertz CT molecular complexity index is 235. The number of fused-ring (bicyclic) bond motifs is 2. The van der Waals surface area contributed by atoms with E-state index < -0.39 is 0 Å². The number of nitrogens with one attached hydrogen (secondary N) is 1. The van der Waals surface area contributed by atoms with Gasteiger partial charge in [-0.3, -0.25) is 9.63 Å². The van der Waals surface area contributed by atoms with Crippen LogP contribution >= 0.6 is 0 Å². The van der Waals surface area contributed by atoms with Gasteiger partial charge in [0.15, 0.2) is 0 Å². The smallest absolute Gasteiger partial charge is 0.249 e. The number of hydrogen-bond acceptors (Lipinski definition) is 4. The standard InChI is InChI=1S/C10H18N2O3/c1-12(14-2)10(13)7-3-8-5-15-6-9(4-7)11-8/h7-9,11H,3-6H2,1-2H3. The number of carbonyl (C=O) groups excluding carboxylic acids is 1. The van der Waals surface area contributed by atoms with E-state index in [4.69, 9.17) is 9.57 Å². The molecular formula is C10H18N2O3. The van der Waals surface area contributed by atoms with E-state index in [1.807, 2.05) is 0 Å². The number of piperidine rings is 1. The van der Waals surface area contributed by atoms with E-state index in [2.05, 4.69) is 5.32 Å². The Morgan fingerprint density at radius 2 is 2.00 bits per heavy atom. The third-order valence-corrected chi connectivity index (χ3v) is 3.18. The fourth-order valence-electron chi connectivity index (χ4n) is 2.39. The molecule has 0 saturated carbocycles. The van der Waals surface area contributed by atoms with Crippen LogP contribution in [0, 0.1) is 5.92 Å². The van der Waals surface area contributed by atoms with Crippen LogP contribution in [0.4, 0.5) is 0 Å². The molecule has 2 bridgehead atoms. The molecule has 2 fully saturated rings. The zero-order valence-electron chi connectivity index (χ0n) is 9.23. The second-order valence-electron chi connectivity index (χ2n) is 4.28. The van der Waals surface area contributed by atoms with Crippen molar-refractivity contribution < 1.29 is 14.4 Å². The minimum atomic E-state index is 0.0788. The van der Waals surface area contributed by atoms with Crippen molar-refractivity contribution in [2.75, 3.05) is 27.4 Å². The maximum absolute atomic E-state index is 11.9. The molecule has 2 unspecified atom stereocenters. The predicted molar refractivity (Wildman–Crippen MR) is 54.0 cm³/mol. The molecule has 2 atom stereocenters. The van der Waals surface area contributed by atoms with Crippen LogP contribution in [0.5, 0.6) is 0 Å². The van der Waals surface area contributed by atoms with Gasteiger partial charge in [-0.2, -0.15) is 0 Å². The van der Waals surface area contributed by atoms with Crippen molar-refractivity contribution in [2.45, 2.75) is 24.9 Å². The van der Waals surface area contributed by atoms with Crippen molar-refractivity contribution in [3.8, 4) is 0 Å². The second kappa shape index (κ2) is 4.47. The van der Waals surface area contributed by atoms with Crippen LogP contribution in [-0.2, 0) is 14.4 Å². The first-order chi connectivity index (χ1) is 7.20. The Kier molecular flexibility index (Phi) is 3.23. The van der Waals surface area contributed by atoms with E-state index in [0.717, 1.165) is 26.1 Å². The third kappa shape index (κ3) is 2.30. The highest BCUT2D eigenvalue weighted by Crippen LogP contribution is 2.25. The van der Waals surface area contributed by atoms with Crippen molar-refractivity contribution in [3.63, 3.8) is 0 Å². The lowest BCUT2D eigenvalue weighted by atomic mass is 9.86. The normalized spacial score (nSPS) is 34.9. The van der Waals surface area contributed by atoms with E-state index in [0.29, 0.717) is 12.1 Å². The van der Waals surface area contributed by atoms with Gasteiger partial charge in [-0.15, -0.1) is 0 Å². The Morgan fingerprint density at radius 1 is 1.40 bits per heavy atom. The number of ether oxygens (including phenoxy) is 1. The van der Waals surface area contributed by atoms with Gasteiger partial charge in [0.05, 0.1) is 20.3 Å². The number of morpholine rings is 1. The van der Waals surface area contributed by atoms with Crippen molar-refractivity contribution in [1.82, 2.24) is 10.4 Å². The van der Waals surface area contributed by atoms with E-state index in [9.17, 15) is 4.79 Å². The van der Waals surface area contributed by atoms with Crippen LogP contribution in [-0.4, -0.2) is 50.4 Å². The third-order valence-electron chi connectivity index (χ3n) is 3.18. The minimum absolute atomic E-state index is 0.0788. The van der Waals surface area contributed by atoms with Crippen molar-refractivity contribution in [2.24, 2.45) is 5.92 Å². The molecule has 0 aliphatic carbocycles. The van der Waals surface area contributed by atoms with E-state index >= 15 is 0 Å². The lowest BCUT2D eigenvalue weighted by Crippen LogP contribution is -2.56. The minimum Gasteiger partial charge on any atom is -0.378 e. The summed E-state index contributed by atoms with van der Waals surface area (Å²) in [5.74, 6) is 0.158. The van der Waals surface area contributed by atoms with Crippen LogP contribution in [0.25, 0.3) is 0 Å². The molecule has 1 N–H and O–H groups in total. The predicted octanol–water partition coefficient (Wildman–Crippen LogP) is -0.227. The number of rotatable bonds is 2. The molecule has 2 heterocycles. The molecule has 2 aliphatic rings. The van der Waals surface area contributed by atoms with Crippen LogP contribution < -0.4 is 5.32 Å². The van der Waals surface area contributed by atoms with Crippen molar-refractivity contribution >= 4 is 5.91 Å². The fourth-order valence-corrected chi connectivity index (χ4v) is 2.39. The van der Waals surface area contributed by atoms with Gasteiger partial charge in [0, 0.05) is 25.0 Å². The van der Waals surface area contributed by atoms with Gasteiger partial charge in [-0.1, -0.05) is 0 Å². The molecule has 0 radical (unpaired) electrons. The first-order valence-corrected chi connectivity index (χ1v) is 5.36. The molecule has 0 aromatic carbocycles. The summed E-state index contributed by atoms with van der Waals surface area (Å²) in [6.45, 7) is 1.44. The number of hydroxylamine groups is 2. The van der Waals surface area contributed by atoms with Crippen LogP contribution in [0.2, 0.25) is 0 Å². The average molecular weight is 214 g/mol. The molecule has 0 spiro atoms. The number of amides is 1. The Hall–Kier alpha value is -0.650. The molecule has 2 saturated heterocycles. The molecule has 2 aliphatic heterocycles. The topological polar surface area (TPSA) is 50.8 Å². The van der Waals surface area contributed by atoms with Crippen LogP contribution in [0.3, 0.4) is 0 Å². The number of nitrogens with zero attached hydrogens (tertiary/aromatic N) is 1. The molecular weight excluding hydrogens is 196 g/mol. The van der Waals surface area contributed by atoms with Gasteiger partial charge in [0.1, 0.15) is 0 Å². The molecule has 0 aromatic rings. The number of carbonyl (C=O) groups is 1. The summed E-state index contributed by atoms with van der Waals surface area (Å²) >= 11 is 0.